The molecule has 0 spiro atoms. The SMILES string of the molecule is Cc1c(-c2ccc(C#N)cc2)cc2c3c1-c1cccc4c5ccccc5n(c14)B3c1ccc3ccc4cccc5c4c3c1n5-2. The number of benzene rings is 7. The van der Waals surface area contributed by atoms with Crippen LogP contribution in [0.1, 0.15) is 11.1 Å². The highest BCUT2D eigenvalue weighted by Crippen LogP contribution is 2.47. The molecule has 0 bridgehead atoms. The topological polar surface area (TPSA) is 33.6 Å². The molecule has 2 aliphatic heterocycles. The average molecular weight is 555 g/mol. The highest BCUT2D eigenvalue weighted by molar-refractivity contribution is 6.90. The Balaban J connectivity index is 1.42. The number of rotatable bonds is 1. The van der Waals surface area contributed by atoms with Crippen LogP contribution in [0.3, 0.4) is 0 Å². The standard InChI is InChI=1S/C40H22BN3/c1-22-30(24-14-12-23(21-42)13-15-24)20-34-38-35(22)29-9-5-8-28-27-7-2-3-10-32(27)44(39(28)29)41(38)31-19-18-26-17-16-25-6-4-11-33-36(25)37(26)40(31)43(33)34/h2-20H,1H3. The van der Waals surface area contributed by atoms with E-state index in [0.717, 1.165) is 5.56 Å². The smallest absolute Gasteiger partial charge is 0.333 e. The Hall–Kier alpha value is -5.79. The van der Waals surface area contributed by atoms with Gasteiger partial charge in [-0.05, 0) is 81.2 Å². The van der Waals surface area contributed by atoms with Crippen molar-refractivity contribution in [3.63, 3.8) is 0 Å². The highest BCUT2D eigenvalue weighted by Gasteiger charge is 2.42. The summed E-state index contributed by atoms with van der Waals surface area (Å²) >= 11 is 0. The second-order valence-corrected chi connectivity index (χ2v) is 12.4. The first-order valence-corrected chi connectivity index (χ1v) is 15.2. The van der Waals surface area contributed by atoms with Gasteiger partial charge < -0.3 is 9.05 Å². The molecule has 0 saturated carbocycles. The Morgan fingerprint density at radius 1 is 0.659 bits per heavy atom. The van der Waals surface area contributed by atoms with Crippen LogP contribution in [0, 0.1) is 18.3 Å². The number of hydrogen-bond acceptors (Lipinski definition) is 1. The molecule has 4 heteroatoms. The lowest BCUT2D eigenvalue weighted by molar-refractivity contribution is 1.17. The van der Waals surface area contributed by atoms with E-state index >= 15 is 0 Å². The molecule has 11 rings (SSSR count). The molecule has 0 fully saturated rings. The molecule has 2 aromatic heterocycles. The Morgan fingerprint density at radius 3 is 2.27 bits per heavy atom. The van der Waals surface area contributed by atoms with Crippen LogP contribution in [0.5, 0.6) is 0 Å². The first-order valence-electron chi connectivity index (χ1n) is 15.2. The van der Waals surface area contributed by atoms with E-state index in [4.69, 9.17) is 0 Å². The molecule has 7 aromatic carbocycles. The van der Waals surface area contributed by atoms with E-state index < -0.39 is 0 Å². The van der Waals surface area contributed by atoms with Crippen molar-refractivity contribution in [3.8, 4) is 34.0 Å². The summed E-state index contributed by atoms with van der Waals surface area (Å²) in [6.45, 7) is 2.33. The summed E-state index contributed by atoms with van der Waals surface area (Å²) in [6, 6.07) is 44.5. The van der Waals surface area contributed by atoms with Crippen molar-refractivity contribution in [2.75, 3.05) is 0 Å². The van der Waals surface area contributed by atoms with Gasteiger partial charge in [0.15, 0.2) is 0 Å². The number of aromatic nitrogens is 2. The summed E-state index contributed by atoms with van der Waals surface area (Å²) in [5.41, 5.74) is 16.1. The van der Waals surface area contributed by atoms with Crippen LogP contribution in [0.2, 0.25) is 0 Å². The first-order chi connectivity index (χ1) is 21.7. The Kier molecular flexibility index (Phi) is 3.92. The fourth-order valence-electron chi connectivity index (χ4n) is 8.76. The van der Waals surface area contributed by atoms with Gasteiger partial charge in [-0.15, -0.1) is 0 Å². The zero-order valence-corrected chi connectivity index (χ0v) is 23.9. The molecule has 9 aromatic rings. The van der Waals surface area contributed by atoms with E-state index in [-0.39, 0.29) is 6.85 Å². The molecule has 0 amide bonds. The average Bonchev–Trinajstić information content (AvgIpc) is 3.60. The molecule has 2 aliphatic rings. The van der Waals surface area contributed by atoms with Crippen molar-refractivity contribution in [2.45, 2.75) is 6.92 Å². The summed E-state index contributed by atoms with van der Waals surface area (Å²) in [5, 5.41) is 17.4. The molecule has 200 valence electrons. The quantitative estimate of drug-likeness (QED) is 0.148. The van der Waals surface area contributed by atoms with E-state index in [0.29, 0.717) is 5.56 Å². The Bertz CT molecular complexity index is 2790. The van der Waals surface area contributed by atoms with Crippen molar-refractivity contribution < 1.29 is 0 Å². The molecule has 44 heavy (non-hydrogen) atoms. The highest BCUT2D eigenvalue weighted by atomic mass is 15.0. The zero-order chi connectivity index (χ0) is 28.8. The molecule has 0 radical (unpaired) electrons. The molecule has 0 aliphatic carbocycles. The fourth-order valence-corrected chi connectivity index (χ4v) is 8.76. The predicted molar refractivity (Wildman–Crippen MR) is 183 cm³/mol. The molecule has 0 unspecified atom stereocenters. The van der Waals surface area contributed by atoms with E-state index in [1.165, 1.54) is 93.3 Å². The first kappa shape index (κ1) is 22.8. The molecular formula is C40H22BN3. The summed E-state index contributed by atoms with van der Waals surface area (Å²) < 4.78 is 5.18. The molecule has 4 heterocycles. The van der Waals surface area contributed by atoms with Crippen molar-refractivity contribution in [2.24, 2.45) is 0 Å². The van der Waals surface area contributed by atoms with Gasteiger partial charge in [0.05, 0.1) is 22.7 Å². The lowest BCUT2D eigenvalue weighted by atomic mass is 9.45. The fraction of sp³-hybridized carbons (Fsp3) is 0.0250. The predicted octanol–water partition coefficient (Wildman–Crippen LogP) is 8.28. The van der Waals surface area contributed by atoms with Crippen molar-refractivity contribution in [1.29, 1.82) is 5.26 Å². The van der Waals surface area contributed by atoms with Crippen LogP contribution in [0.15, 0.2) is 115 Å². The number of nitriles is 1. The number of fused-ring (bicyclic) bond motifs is 8. The van der Waals surface area contributed by atoms with Gasteiger partial charge in [-0.1, -0.05) is 84.9 Å². The minimum Gasteiger partial charge on any atom is -0.375 e. The lowest BCUT2D eigenvalue weighted by Gasteiger charge is -2.35. The third kappa shape index (κ3) is 2.46. The largest absolute Gasteiger partial charge is 0.375 e. The number of nitrogens with zero attached hydrogens (tertiary/aromatic N) is 3. The van der Waals surface area contributed by atoms with Gasteiger partial charge in [0.25, 0.3) is 0 Å². The minimum atomic E-state index is 0.0474. The summed E-state index contributed by atoms with van der Waals surface area (Å²) in [4.78, 5) is 0. The van der Waals surface area contributed by atoms with Crippen LogP contribution in [-0.4, -0.2) is 15.9 Å². The van der Waals surface area contributed by atoms with Crippen LogP contribution in [-0.2, 0) is 0 Å². The van der Waals surface area contributed by atoms with E-state index in [9.17, 15) is 5.26 Å². The maximum Gasteiger partial charge on any atom is 0.333 e. The lowest BCUT2D eigenvalue weighted by Crippen LogP contribution is -2.55. The number of para-hydroxylation sites is 2. The Morgan fingerprint density at radius 2 is 1.41 bits per heavy atom. The third-order valence-corrected chi connectivity index (χ3v) is 10.5. The van der Waals surface area contributed by atoms with Gasteiger partial charge in [0.1, 0.15) is 0 Å². The van der Waals surface area contributed by atoms with Gasteiger partial charge in [-0.2, -0.15) is 5.26 Å². The summed E-state index contributed by atoms with van der Waals surface area (Å²) in [6.07, 6.45) is 0. The van der Waals surface area contributed by atoms with Gasteiger partial charge in [0.2, 0.25) is 0 Å². The van der Waals surface area contributed by atoms with Crippen LogP contribution in [0.4, 0.5) is 0 Å². The maximum absolute atomic E-state index is 9.51. The van der Waals surface area contributed by atoms with Crippen LogP contribution < -0.4 is 10.9 Å². The second kappa shape index (κ2) is 7.59. The monoisotopic (exact) mass is 555 g/mol. The van der Waals surface area contributed by atoms with Crippen molar-refractivity contribution in [1.82, 2.24) is 9.05 Å². The molecule has 0 atom stereocenters. The van der Waals surface area contributed by atoms with Crippen LogP contribution >= 0.6 is 0 Å². The third-order valence-electron chi connectivity index (χ3n) is 10.5. The van der Waals surface area contributed by atoms with Gasteiger partial charge >= 0.3 is 6.85 Å². The van der Waals surface area contributed by atoms with Gasteiger partial charge in [-0.3, -0.25) is 0 Å². The minimum absolute atomic E-state index is 0.0474. The maximum atomic E-state index is 9.51. The molecule has 0 N–H and O–H groups in total. The van der Waals surface area contributed by atoms with Gasteiger partial charge in [0, 0.05) is 43.8 Å². The van der Waals surface area contributed by atoms with E-state index in [2.05, 4.69) is 125 Å². The normalized spacial score (nSPS) is 13.0. The van der Waals surface area contributed by atoms with E-state index in [1.54, 1.807) is 0 Å². The molecular weight excluding hydrogens is 533 g/mol. The molecule has 0 saturated heterocycles. The summed E-state index contributed by atoms with van der Waals surface area (Å²) in [7, 11) is 0. The Labute approximate surface area is 253 Å². The zero-order valence-electron chi connectivity index (χ0n) is 23.9. The van der Waals surface area contributed by atoms with Gasteiger partial charge in [-0.25, -0.2) is 0 Å². The van der Waals surface area contributed by atoms with Crippen molar-refractivity contribution in [3.05, 3.63) is 126 Å². The second-order valence-electron chi connectivity index (χ2n) is 12.4. The van der Waals surface area contributed by atoms with E-state index in [1.807, 2.05) is 12.1 Å². The summed E-state index contributed by atoms with van der Waals surface area (Å²) in [5.74, 6) is 0. The number of hydrogen-bond donors (Lipinski definition) is 0. The molecule has 3 nitrogen and oxygen atoms in total. The van der Waals surface area contributed by atoms with Crippen LogP contribution in [0.25, 0.3) is 82.3 Å². The van der Waals surface area contributed by atoms with Crippen molar-refractivity contribution >= 4 is 72.2 Å².